The summed E-state index contributed by atoms with van der Waals surface area (Å²) in [7, 11) is 1.84. The first-order valence-corrected chi connectivity index (χ1v) is 8.44. The molecule has 7 heteroatoms. The molecule has 128 valence electrons. The second-order valence-corrected chi connectivity index (χ2v) is 6.27. The van der Waals surface area contributed by atoms with Gasteiger partial charge in [-0.2, -0.15) is 5.10 Å². The molecule has 3 rings (SSSR count). The summed E-state index contributed by atoms with van der Waals surface area (Å²) < 4.78 is 1.72. The lowest BCUT2D eigenvalue weighted by Crippen LogP contribution is -2.48. The molecule has 0 saturated carbocycles. The van der Waals surface area contributed by atoms with Gasteiger partial charge in [0.2, 0.25) is 0 Å². The molecule has 1 saturated heterocycles. The number of aryl methyl sites for hydroxylation is 3. The summed E-state index contributed by atoms with van der Waals surface area (Å²) >= 11 is 0. The lowest BCUT2D eigenvalue weighted by atomic mass is 10.1. The van der Waals surface area contributed by atoms with Gasteiger partial charge in [0.05, 0.1) is 0 Å². The van der Waals surface area contributed by atoms with E-state index in [9.17, 15) is 4.79 Å². The van der Waals surface area contributed by atoms with E-state index in [1.54, 1.807) is 11.0 Å². The second kappa shape index (κ2) is 6.98. The molecule has 1 amide bonds. The molecule has 0 radical (unpaired) electrons. The predicted octanol–water partition coefficient (Wildman–Crippen LogP) is 1.48. The fraction of sp³-hybridized carbons (Fsp3) is 0.529. The van der Waals surface area contributed by atoms with E-state index in [0.29, 0.717) is 5.69 Å². The van der Waals surface area contributed by atoms with Crippen molar-refractivity contribution in [1.82, 2.24) is 25.1 Å². The summed E-state index contributed by atoms with van der Waals surface area (Å²) in [5.41, 5.74) is 2.48. The van der Waals surface area contributed by atoms with Crippen LogP contribution in [-0.4, -0.2) is 44.8 Å². The van der Waals surface area contributed by atoms with Crippen LogP contribution in [0.4, 0.5) is 5.82 Å². The molecule has 1 atom stereocenters. The Bertz CT molecular complexity index is 706. The van der Waals surface area contributed by atoms with E-state index in [0.717, 1.165) is 49.6 Å². The van der Waals surface area contributed by atoms with Crippen LogP contribution in [0.5, 0.6) is 0 Å². The molecule has 1 aliphatic heterocycles. The number of carbonyl (C=O) groups excluding carboxylic acids is 1. The zero-order valence-electron chi connectivity index (χ0n) is 14.5. The minimum atomic E-state index is -0.109. The van der Waals surface area contributed by atoms with Gasteiger partial charge in [-0.15, -0.1) is 0 Å². The maximum Gasteiger partial charge on any atom is 0.272 e. The van der Waals surface area contributed by atoms with Gasteiger partial charge in [0.15, 0.2) is 0 Å². The van der Waals surface area contributed by atoms with Gasteiger partial charge in [0.25, 0.3) is 5.91 Å². The van der Waals surface area contributed by atoms with E-state index >= 15 is 0 Å². The van der Waals surface area contributed by atoms with Crippen LogP contribution in [0.1, 0.15) is 41.6 Å². The topological polar surface area (TPSA) is 75.9 Å². The van der Waals surface area contributed by atoms with Gasteiger partial charge in [-0.05, 0) is 32.3 Å². The average Bonchev–Trinajstić information content (AvgIpc) is 2.94. The first kappa shape index (κ1) is 16.4. The third-order valence-corrected chi connectivity index (χ3v) is 4.50. The van der Waals surface area contributed by atoms with Gasteiger partial charge in [-0.1, -0.05) is 6.92 Å². The summed E-state index contributed by atoms with van der Waals surface area (Å²) in [5.74, 6) is 0.831. The average molecular weight is 328 g/mol. The van der Waals surface area contributed by atoms with Crippen molar-refractivity contribution >= 4 is 11.7 Å². The van der Waals surface area contributed by atoms with E-state index in [4.69, 9.17) is 0 Å². The van der Waals surface area contributed by atoms with Crippen molar-refractivity contribution in [3.63, 3.8) is 0 Å². The Morgan fingerprint density at radius 2 is 2.21 bits per heavy atom. The number of anilines is 1. The molecule has 2 aromatic heterocycles. The molecule has 0 bridgehead atoms. The Morgan fingerprint density at radius 1 is 1.38 bits per heavy atom. The van der Waals surface area contributed by atoms with Crippen LogP contribution in [0.2, 0.25) is 0 Å². The molecule has 24 heavy (non-hydrogen) atoms. The zero-order chi connectivity index (χ0) is 17.1. The number of carbonyl (C=O) groups is 1. The summed E-state index contributed by atoms with van der Waals surface area (Å²) in [4.78, 5) is 23.2. The molecule has 1 unspecified atom stereocenters. The highest BCUT2D eigenvalue weighted by molar-refractivity contribution is 5.92. The van der Waals surface area contributed by atoms with Crippen LogP contribution in [0.3, 0.4) is 0 Å². The Kier molecular flexibility index (Phi) is 4.78. The van der Waals surface area contributed by atoms with Gasteiger partial charge < -0.3 is 10.2 Å². The minimum Gasteiger partial charge on any atom is -0.354 e. The van der Waals surface area contributed by atoms with Gasteiger partial charge in [0, 0.05) is 43.6 Å². The van der Waals surface area contributed by atoms with Gasteiger partial charge >= 0.3 is 0 Å². The maximum absolute atomic E-state index is 12.4. The number of rotatable bonds is 4. The van der Waals surface area contributed by atoms with Gasteiger partial charge in [0.1, 0.15) is 17.8 Å². The van der Waals surface area contributed by atoms with E-state index in [1.807, 2.05) is 26.1 Å². The fourth-order valence-corrected chi connectivity index (χ4v) is 2.99. The van der Waals surface area contributed by atoms with E-state index in [2.05, 4.69) is 32.2 Å². The highest BCUT2D eigenvalue weighted by atomic mass is 16.2. The minimum absolute atomic E-state index is 0.105. The van der Waals surface area contributed by atoms with E-state index in [-0.39, 0.29) is 11.9 Å². The van der Waals surface area contributed by atoms with Crippen molar-refractivity contribution in [1.29, 1.82) is 0 Å². The lowest BCUT2D eigenvalue weighted by Gasteiger charge is -2.33. The highest BCUT2D eigenvalue weighted by Gasteiger charge is 2.24. The third-order valence-electron chi connectivity index (χ3n) is 4.50. The van der Waals surface area contributed by atoms with Crippen LogP contribution in [-0.2, 0) is 13.5 Å². The number of amides is 1. The van der Waals surface area contributed by atoms with E-state index in [1.165, 1.54) is 0 Å². The van der Waals surface area contributed by atoms with E-state index < -0.39 is 0 Å². The van der Waals surface area contributed by atoms with Crippen LogP contribution in [0, 0.1) is 6.92 Å². The Labute approximate surface area is 142 Å². The van der Waals surface area contributed by atoms with Crippen LogP contribution in [0.25, 0.3) is 0 Å². The van der Waals surface area contributed by atoms with Gasteiger partial charge in [-0.25, -0.2) is 9.97 Å². The third kappa shape index (κ3) is 3.55. The molecule has 3 heterocycles. The molecule has 2 aromatic rings. The zero-order valence-corrected chi connectivity index (χ0v) is 14.5. The predicted molar refractivity (Wildman–Crippen MR) is 92.1 cm³/mol. The number of aromatic nitrogens is 4. The lowest BCUT2D eigenvalue weighted by molar-refractivity contribution is 0.0927. The second-order valence-electron chi connectivity index (χ2n) is 6.27. The summed E-state index contributed by atoms with van der Waals surface area (Å²) in [6.45, 7) is 5.74. The molecule has 0 aliphatic carbocycles. The number of nitrogens with zero attached hydrogens (tertiary/aromatic N) is 5. The molecular formula is C17H24N6O. The number of piperidine rings is 1. The number of hydrogen-bond donors (Lipinski definition) is 1. The van der Waals surface area contributed by atoms with Crippen molar-refractivity contribution in [2.75, 3.05) is 18.0 Å². The molecule has 0 aromatic carbocycles. The smallest absolute Gasteiger partial charge is 0.272 e. The Balaban J connectivity index is 1.65. The van der Waals surface area contributed by atoms with Crippen molar-refractivity contribution < 1.29 is 4.79 Å². The summed E-state index contributed by atoms with van der Waals surface area (Å²) in [5, 5.41) is 7.35. The van der Waals surface area contributed by atoms with Crippen molar-refractivity contribution in [2.45, 2.75) is 39.2 Å². The molecule has 1 fully saturated rings. The van der Waals surface area contributed by atoms with Gasteiger partial charge in [-0.3, -0.25) is 9.48 Å². The molecule has 7 nitrogen and oxygen atoms in total. The molecule has 1 aliphatic rings. The standard InChI is InChI=1S/C17H24N6O/c1-4-13-9-16(19-11-18-13)23-7-5-6-14(10-23)20-17(24)15-8-12(2)22(3)21-15/h8-9,11,14H,4-7,10H2,1-3H3,(H,20,24). The Hall–Kier alpha value is -2.44. The van der Waals surface area contributed by atoms with Crippen LogP contribution >= 0.6 is 0 Å². The normalized spacial score (nSPS) is 17.8. The quantitative estimate of drug-likeness (QED) is 0.920. The molecule has 1 N–H and O–H groups in total. The first-order chi connectivity index (χ1) is 11.6. The van der Waals surface area contributed by atoms with Crippen molar-refractivity contribution in [2.24, 2.45) is 7.05 Å². The molecular weight excluding hydrogens is 304 g/mol. The van der Waals surface area contributed by atoms with Crippen molar-refractivity contribution in [3.8, 4) is 0 Å². The SMILES string of the molecule is CCc1cc(N2CCCC(NC(=O)c3cc(C)n(C)n3)C2)ncn1. The fourth-order valence-electron chi connectivity index (χ4n) is 2.99. The largest absolute Gasteiger partial charge is 0.354 e. The van der Waals surface area contributed by atoms with Crippen LogP contribution < -0.4 is 10.2 Å². The van der Waals surface area contributed by atoms with Crippen molar-refractivity contribution in [3.05, 3.63) is 35.5 Å². The monoisotopic (exact) mass is 328 g/mol. The maximum atomic E-state index is 12.4. The molecule has 0 spiro atoms. The number of nitrogens with one attached hydrogen (secondary N) is 1. The number of hydrogen-bond acceptors (Lipinski definition) is 5. The summed E-state index contributed by atoms with van der Waals surface area (Å²) in [6, 6.07) is 3.95. The Morgan fingerprint density at radius 3 is 2.92 bits per heavy atom. The highest BCUT2D eigenvalue weighted by Crippen LogP contribution is 2.18. The first-order valence-electron chi connectivity index (χ1n) is 8.44. The summed E-state index contributed by atoms with van der Waals surface area (Å²) in [6.07, 6.45) is 4.51. The van der Waals surface area contributed by atoms with Crippen LogP contribution in [0.15, 0.2) is 18.5 Å².